The number of carbonyl (C=O) groups is 2. The molecule has 0 unspecified atom stereocenters. The Morgan fingerprint density at radius 2 is 1.61 bits per heavy atom. The number of thiophene rings is 1. The largest absolute Gasteiger partial charge is 0.273 e. The number of hydroxylamine groups is 1. The normalized spacial score (nSPS) is 24.1. The van der Waals surface area contributed by atoms with Gasteiger partial charge in [-0.1, -0.05) is 42.0 Å². The van der Waals surface area contributed by atoms with Gasteiger partial charge in [0.15, 0.2) is 6.10 Å². The molecule has 2 amide bonds. The maximum Gasteiger partial charge on any atom is 0.266 e. The fraction of sp³-hybridized carbons (Fsp3) is 0.182. The van der Waals surface area contributed by atoms with Gasteiger partial charge < -0.3 is 0 Å². The number of imide groups is 1. The zero-order valence-corrected chi connectivity index (χ0v) is 16.0. The quantitative estimate of drug-likeness (QED) is 0.632. The zero-order valence-electron chi connectivity index (χ0n) is 15.2. The van der Waals surface area contributed by atoms with Crippen molar-refractivity contribution >= 4 is 34.5 Å². The lowest BCUT2D eigenvalue weighted by molar-refractivity contribution is -0.126. The van der Waals surface area contributed by atoms with Crippen LogP contribution in [0.3, 0.4) is 0 Å². The van der Waals surface area contributed by atoms with Gasteiger partial charge in [0, 0.05) is 4.88 Å². The van der Waals surface area contributed by atoms with Gasteiger partial charge in [-0.15, -0.1) is 11.3 Å². The standard InChI is InChI=1S/C22H18N2O3S/c1-14-9-11-15(12-10-14)23-21(25)18-19(17-8-5-13-28-17)24(27-20(18)22(23)26)16-6-3-2-4-7-16/h2-13,18-20H,1H3/t18-,19+,20-/m0/s1. The van der Waals surface area contributed by atoms with Gasteiger partial charge in [-0.2, -0.15) is 0 Å². The van der Waals surface area contributed by atoms with Crippen LogP contribution >= 0.6 is 11.3 Å². The Kier molecular flexibility index (Phi) is 4.03. The van der Waals surface area contributed by atoms with Crippen molar-refractivity contribution in [3.8, 4) is 0 Å². The number of amides is 2. The third-order valence-corrected chi connectivity index (χ3v) is 6.20. The molecule has 3 aromatic rings. The lowest BCUT2D eigenvalue weighted by atomic mass is 9.95. The topological polar surface area (TPSA) is 49.9 Å². The molecule has 0 spiro atoms. The highest BCUT2D eigenvalue weighted by molar-refractivity contribution is 7.10. The van der Waals surface area contributed by atoms with Crippen LogP contribution < -0.4 is 9.96 Å². The van der Waals surface area contributed by atoms with Crippen LogP contribution in [0.4, 0.5) is 11.4 Å². The molecule has 0 radical (unpaired) electrons. The van der Waals surface area contributed by atoms with Crippen molar-refractivity contribution in [2.45, 2.75) is 19.1 Å². The number of hydrogen-bond acceptors (Lipinski definition) is 5. The Labute approximate surface area is 166 Å². The Bertz CT molecular complexity index is 1020. The van der Waals surface area contributed by atoms with E-state index >= 15 is 0 Å². The summed E-state index contributed by atoms with van der Waals surface area (Å²) in [7, 11) is 0. The molecule has 5 nitrogen and oxygen atoms in total. The lowest BCUT2D eigenvalue weighted by Gasteiger charge is -2.27. The molecule has 1 aromatic heterocycles. The third-order valence-electron chi connectivity index (χ3n) is 5.25. The molecule has 5 rings (SSSR count). The Hall–Kier alpha value is -2.96. The molecule has 2 aliphatic heterocycles. The minimum atomic E-state index is -0.818. The van der Waals surface area contributed by atoms with Gasteiger partial charge in [0.1, 0.15) is 12.0 Å². The first-order chi connectivity index (χ1) is 13.6. The highest BCUT2D eigenvalue weighted by Gasteiger charge is 2.60. The summed E-state index contributed by atoms with van der Waals surface area (Å²) in [6.45, 7) is 1.97. The minimum absolute atomic E-state index is 0.212. The number of benzene rings is 2. The van der Waals surface area contributed by atoms with E-state index in [1.54, 1.807) is 28.5 Å². The molecule has 0 aliphatic carbocycles. The van der Waals surface area contributed by atoms with Crippen LogP contribution in [-0.2, 0) is 14.4 Å². The van der Waals surface area contributed by atoms with Crippen molar-refractivity contribution in [1.29, 1.82) is 0 Å². The predicted octanol–water partition coefficient (Wildman–Crippen LogP) is 4.11. The van der Waals surface area contributed by atoms with Crippen LogP contribution in [0.25, 0.3) is 0 Å². The van der Waals surface area contributed by atoms with Crippen molar-refractivity contribution in [2.75, 3.05) is 9.96 Å². The van der Waals surface area contributed by atoms with E-state index in [2.05, 4.69) is 0 Å². The van der Waals surface area contributed by atoms with Gasteiger partial charge in [0.25, 0.3) is 5.91 Å². The van der Waals surface area contributed by atoms with Gasteiger partial charge in [0.2, 0.25) is 5.91 Å². The second-order valence-corrected chi connectivity index (χ2v) is 8.00. The molecule has 2 saturated heterocycles. The van der Waals surface area contributed by atoms with E-state index in [1.807, 2.05) is 66.9 Å². The molecule has 0 bridgehead atoms. The van der Waals surface area contributed by atoms with E-state index < -0.39 is 12.0 Å². The molecular formula is C22H18N2O3S. The van der Waals surface area contributed by atoms with Crippen LogP contribution in [0.2, 0.25) is 0 Å². The van der Waals surface area contributed by atoms with Crippen LogP contribution in [0, 0.1) is 12.8 Å². The second kappa shape index (κ2) is 6.58. The summed E-state index contributed by atoms with van der Waals surface area (Å²) in [5, 5.41) is 3.70. The fourth-order valence-corrected chi connectivity index (χ4v) is 4.76. The van der Waals surface area contributed by atoms with E-state index in [0.717, 1.165) is 16.1 Å². The van der Waals surface area contributed by atoms with Crippen molar-refractivity contribution < 1.29 is 14.4 Å². The van der Waals surface area contributed by atoms with Crippen LogP contribution in [0.15, 0.2) is 72.1 Å². The molecule has 2 aromatic carbocycles. The number of rotatable bonds is 3. The van der Waals surface area contributed by atoms with Crippen molar-refractivity contribution in [1.82, 2.24) is 0 Å². The fourth-order valence-electron chi connectivity index (χ4n) is 3.91. The summed E-state index contributed by atoms with van der Waals surface area (Å²) in [6, 6.07) is 20.6. The number of aryl methyl sites for hydroxylation is 1. The number of fused-ring (bicyclic) bond motifs is 1. The summed E-state index contributed by atoms with van der Waals surface area (Å²) < 4.78 is 0. The summed E-state index contributed by atoms with van der Waals surface area (Å²) >= 11 is 1.57. The highest BCUT2D eigenvalue weighted by Crippen LogP contribution is 2.48. The van der Waals surface area contributed by atoms with Crippen LogP contribution in [-0.4, -0.2) is 17.9 Å². The highest BCUT2D eigenvalue weighted by atomic mass is 32.1. The SMILES string of the molecule is Cc1ccc(N2C(=O)[C@@H]3[C@H](ON(c4ccccc4)[C@@H]3c3cccs3)C2=O)cc1. The van der Waals surface area contributed by atoms with Crippen molar-refractivity contribution in [2.24, 2.45) is 5.92 Å². The second-order valence-electron chi connectivity index (χ2n) is 7.02. The van der Waals surface area contributed by atoms with Gasteiger partial charge >= 0.3 is 0 Å². The number of para-hydroxylation sites is 1. The molecular weight excluding hydrogens is 372 g/mol. The smallest absolute Gasteiger partial charge is 0.266 e. The van der Waals surface area contributed by atoms with Gasteiger partial charge in [-0.25, -0.2) is 9.96 Å². The van der Waals surface area contributed by atoms with Crippen LogP contribution in [0.1, 0.15) is 16.5 Å². The number of carbonyl (C=O) groups excluding carboxylic acids is 2. The van der Waals surface area contributed by atoms with E-state index in [9.17, 15) is 9.59 Å². The predicted molar refractivity (Wildman–Crippen MR) is 108 cm³/mol. The van der Waals surface area contributed by atoms with Crippen LogP contribution in [0.5, 0.6) is 0 Å². The van der Waals surface area contributed by atoms with E-state index in [1.165, 1.54) is 4.90 Å². The molecule has 2 fully saturated rings. The summed E-state index contributed by atoms with van der Waals surface area (Å²) in [6.07, 6.45) is -0.818. The number of hydrogen-bond donors (Lipinski definition) is 0. The minimum Gasteiger partial charge on any atom is -0.273 e. The van der Waals surface area contributed by atoms with Crippen molar-refractivity contribution in [3.05, 3.63) is 82.6 Å². The first kappa shape index (κ1) is 17.2. The van der Waals surface area contributed by atoms with Gasteiger partial charge in [0.05, 0.1) is 11.4 Å². The average molecular weight is 390 g/mol. The lowest BCUT2D eigenvalue weighted by Crippen LogP contribution is -2.37. The maximum absolute atomic E-state index is 13.4. The molecule has 28 heavy (non-hydrogen) atoms. The molecule has 0 saturated carbocycles. The Balaban J connectivity index is 1.56. The summed E-state index contributed by atoms with van der Waals surface area (Å²) in [5.41, 5.74) is 2.50. The number of anilines is 2. The Morgan fingerprint density at radius 1 is 0.857 bits per heavy atom. The Morgan fingerprint density at radius 3 is 2.29 bits per heavy atom. The van der Waals surface area contributed by atoms with E-state index in [4.69, 9.17) is 4.84 Å². The molecule has 6 heteroatoms. The van der Waals surface area contributed by atoms with Gasteiger partial charge in [-0.05, 0) is 42.6 Å². The molecule has 140 valence electrons. The maximum atomic E-state index is 13.4. The molecule has 0 N–H and O–H groups in total. The van der Waals surface area contributed by atoms with E-state index in [-0.39, 0.29) is 17.9 Å². The molecule has 3 atom stereocenters. The first-order valence-electron chi connectivity index (χ1n) is 9.14. The average Bonchev–Trinajstić information content (AvgIpc) is 3.42. The third kappa shape index (κ3) is 2.57. The zero-order chi connectivity index (χ0) is 19.3. The summed E-state index contributed by atoms with van der Waals surface area (Å²) in [5.74, 6) is -1.10. The number of nitrogens with zero attached hydrogens (tertiary/aromatic N) is 2. The first-order valence-corrected chi connectivity index (χ1v) is 10.0. The van der Waals surface area contributed by atoms with E-state index in [0.29, 0.717) is 5.69 Å². The monoisotopic (exact) mass is 390 g/mol. The molecule has 2 aliphatic rings. The summed E-state index contributed by atoms with van der Waals surface area (Å²) in [4.78, 5) is 34.9. The molecule has 3 heterocycles. The van der Waals surface area contributed by atoms with Crippen molar-refractivity contribution in [3.63, 3.8) is 0 Å². The van der Waals surface area contributed by atoms with Gasteiger partial charge in [-0.3, -0.25) is 14.4 Å².